The van der Waals surface area contributed by atoms with Crippen molar-refractivity contribution in [3.63, 3.8) is 0 Å². The van der Waals surface area contributed by atoms with E-state index >= 15 is 0 Å². The first-order valence-corrected chi connectivity index (χ1v) is 8.39. The molecule has 0 aliphatic carbocycles. The van der Waals surface area contributed by atoms with Crippen molar-refractivity contribution in [2.24, 2.45) is 5.92 Å². The average Bonchev–Trinajstić information content (AvgIpc) is 3.20. The first kappa shape index (κ1) is 17.1. The number of furan rings is 1. The number of nitrogens with one attached hydrogen (secondary N) is 1. The van der Waals surface area contributed by atoms with E-state index in [1.807, 2.05) is 24.3 Å². The summed E-state index contributed by atoms with van der Waals surface area (Å²) in [4.78, 5) is 26.6. The predicted octanol–water partition coefficient (Wildman–Crippen LogP) is 2.46. The van der Waals surface area contributed by atoms with Gasteiger partial charge in [0.25, 0.3) is 5.91 Å². The van der Waals surface area contributed by atoms with E-state index in [2.05, 4.69) is 5.32 Å². The molecule has 0 spiro atoms. The number of nitrogens with zero attached hydrogens (tertiary/aromatic N) is 1. The fourth-order valence-electron chi connectivity index (χ4n) is 3.02. The summed E-state index contributed by atoms with van der Waals surface area (Å²) in [6.45, 7) is 1.58. The molecule has 3 rings (SSSR count). The van der Waals surface area contributed by atoms with Crippen LogP contribution in [0.3, 0.4) is 0 Å². The molecule has 1 aliphatic rings. The van der Waals surface area contributed by atoms with Gasteiger partial charge in [-0.15, -0.1) is 0 Å². The first-order valence-electron chi connectivity index (χ1n) is 8.39. The van der Waals surface area contributed by atoms with E-state index < -0.39 is 0 Å². The number of carbonyl (C=O) groups excluding carboxylic acids is 2. The monoisotopic (exact) mass is 342 g/mol. The lowest BCUT2D eigenvalue weighted by molar-refractivity contribution is -0.126. The Morgan fingerprint density at radius 3 is 2.76 bits per heavy atom. The second-order valence-corrected chi connectivity index (χ2v) is 6.17. The van der Waals surface area contributed by atoms with Gasteiger partial charge in [-0.25, -0.2) is 0 Å². The number of rotatable bonds is 5. The quantitative estimate of drug-likeness (QED) is 0.906. The van der Waals surface area contributed by atoms with Crippen LogP contribution in [-0.4, -0.2) is 36.9 Å². The molecule has 1 atom stereocenters. The fourth-order valence-corrected chi connectivity index (χ4v) is 3.02. The van der Waals surface area contributed by atoms with E-state index in [4.69, 9.17) is 9.15 Å². The molecule has 6 nitrogen and oxygen atoms in total. The van der Waals surface area contributed by atoms with Crippen LogP contribution < -0.4 is 10.1 Å². The van der Waals surface area contributed by atoms with Crippen molar-refractivity contribution in [2.75, 3.05) is 20.2 Å². The topological polar surface area (TPSA) is 71.8 Å². The van der Waals surface area contributed by atoms with Gasteiger partial charge in [0, 0.05) is 19.6 Å². The van der Waals surface area contributed by atoms with Gasteiger partial charge in [-0.05, 0) is 36.6 Å². The normalized spacial score (nSPS) is 17.2. The highest BCUT2D eigenvalue weighted by Crippen LogP contribution is 2.19. The molecule has 1 fully saturated rings. The molecule has 132 valence electrons. The van der Waals surface area contributed by atoms with E-state index in [1.54, 1.807) is 18.1 Å². The molecule has 1 aliphatic heterocycles. The van der Waals surface area contributed by atoms with E-state index in [0.717, 1.165) is 24.2 Å². The first-order chi connectivity index (χ1) is 12.2. The van der Waals surface area contributed by atoms with Gasteiger partial charge in [0.15, 0.2) is 0 Å². The number of likely N-dealkylation sites (tertiary alicyclic amines) is 1. The van der Waals surface area contributed by atoms with Crippen molar-refractivity contribution in [1.29, 1.82) is 0 Å². The van der Waals surface area contributed by atoms with Crippen LogP contribution in [-0.2, 0) is 11.3 Å². The molecular weight excluding hydrogens is 320 g/mol. The van der Waals surface area contributed by atoms with Crippen LogP contribution in [0.25, 0.3) is 0 Å². The summed E-state index contributed by atoms with van der Waals surface area (Å²) in [5.74, 6) is 0.514. The molecule has 0 unspecified atom stereocenters. The Morgan fingerprint density at radius 2 is 2.08 bits per heavy atom. The van der Waals surface area contributed by atoms with Crippen LogP contribution in [0.2, 0.25) is 0 Å². The maximum absolute atomic E-state index is 12.5. The summed E-state index contributed by atoms with van der Waals surface area (Å²) in [6.07, 6.45) is 4.54. The molecule has 1 saturated heterocycles. The molecule has 0 radical (unpaired) electrons. The maximum Gasteiger partial charge on any atom is 0.257 e. The third-order valence-corrected chi connectivity index (χ3v) is 4.47. The van der Waals surface area contributed by atoms with Gasteiger partial charge in [0.1, 0.15) is 12.0 Å². The van der Waals surface area contributed by atoms with Crippen molar-refractivity contribution in [3.05, 3.63) is 54.0 Å². The Kier molecular flexibility index (Phi) is 5.38. The second-order valence-electron chi connectivity index (χ2n) is 6.17. The van der Waals surface area contributed by atoms with Crippen molar-refractivity contribution in [1.82, 2.24) is 10.2 Å². The van der Waals surface area contributed by atoms with Crippen LogP contribution in [0.5, 0.6) is 5.75 Å². The molecule has 2 heterocycles. The molecule has 0 bridgehead atoms. The van der Waals surface area contributed by atoms with Crippen LogP contribution in [0.1, 0.15) is 28.8 Å². The van der Waals surface area contributed by atoms with Gasteiger partial charge >= 0.3 is 0 Å². The van der Waals surface area contributed by atoms with Crippen molar-refractivity contribution < 1.29 is 18.7 Å². The minimum absolute atomic E-state index is 0.0134. The zero-order valence-electron chi connectivity index (χ0n) is 14.2. The third kappa shape index (κ3) is 4.21. The molecule has 1 N–H and O–H groups in total. The van der Waals surface area contributed by atoms with Crippen LogP contribution in [0.15, 0.2) is 47.3 Å². The Balaban J connectivity index is 1.53. The van der Waals surface area contributed by atoms with Crippen molar-refractivity contribution in [3.8, 4) is 5.75 Å². The fraction of sp³-hybridized carbons (Fsp3) is 0.368. The number of methoxy groups -OCH3 is 1. The van der Waals surface area contributed by atoms with E-state index in [9.17, 15) is 9.59 Å². The van der Waals surface area contributed by atoms with Gasteiger partial charge in [0.05, 0.1) is 24.9 Å². The number of hydrogen-bond donors (Lipinski definition) is 1. The lowest BCUT2D eigenvalue weighted by Gasteiger charge is -2.31. The number of carbonyl (C=O) groups is 2. The minimum Gasteiger partial charge on any atom is -0.497 e. The summed E-state index contributed by atoms with van der Waals surface area (Å²) in [6, 6.07) is 9.24. The third-order valence-electron chi connectivity index (χ3n) is 4.47. The molecule has 1 aromatic carbocycles. The number of benzene rings is 1. The van der Waals surface area contributed by atoms with Gasteiger partial charge < -0.3 is 19.4 Å². The Morgan fingerprint density at radius 1 is 1.28 bits per heavy atom. The zero-order chi connectivity index (χ0) is 17.6. The van der Waals surface area contributed by atoms with Gasteiger partial charge in [-0.1, -0.05) is 12.1 Å². The Bertz CT molecular complexity index is 710. The number of ether oxygens (including phenoxy) is 1. The maximum atomic E-state index is 12.5. The molecular formula is C19H22N2O4. The van der Waals surface area contributed by atoms with Crippen molar-refractivity contribution >= 4 is 11.8 Å². The summed E-state index contributed by atoms with van der Waals surface area (Å²) in [5, 5.41) is 2.96. The number of hydrogen-bond acceptors (Lipinski definition) is 4. The molecule has 0 saturated carbocycles. The largest absolute Gasteiger partial charge is 0.497 e. The highest BCUT2D eigenvalue weighted by molar-refractivity contribution is 5.94. The molecule has 2 amide bonds. The molecule has 2 aromatic rings. The average molecular weight is 342 g/mol. The van der Waals surface area contributed by atoms with Gasteiger partial charge in [-0.3, -0.25) is 9.59 Å². The zero-order valence-corrected chi connectivity index (χ0v) is 14.2. The Labute approximate surface area is 146 Å². The lowest BCUT2D eigenvalue weighted by Crippen LogP contribution is -2.45. The highest BCUT2D eigenvalue weighted by Gasteiger charge is 2.29. The van der Waals surface area contributed by atoms with Crippen LogP contribution in [0, 0.1) is 5.92 Å². The molecule has 25 heavy (non-hydrogen) atoms. The summed E-state index contributed by atoms with van der Waals surface area (Å²) in [7, 11) is 1.62. The number of piperidine rings is 1. The van der Waals surface area contributed by atoms with Gasteiger partial charge in [-0.2, -0.15) is 0 Å². The Hall–Kier alpha value is -2.76. The van der Waals surface area contributed by atoms with E-state index in [0.29, 0.717) is 25.2 Å². The van der Waals surface area contributed by atoms with Gasteiger partial charge in [0.2, 0.25) is 5.91 Å². The number of amides is 2. The predicted molar refractivity (Wildman–Crippen MR) is 92.2 cm³/mol. The summed E-state index contributed by atoms with van der Waals surface area (Å²) in [5.41, 5.74) is 1.54. The molecule has 1 aromatic heterocycles. The molecule has 6 heteroatoms. The summed E-state index contributed by atoms with van der Waals surface area (Å²) < 4.78 is 10.1. The van der Waals surface area contributed by atoms with Crippen LogP contribution >= 0.6 is 0 Å². The standard InChI is InChI=1S/C19H22N2O4/c1-24-17-6-4-14(5-7-17)11-20-18(22)15-3-2-9-21(12-15)19(23)16-8-10-25-13-16/h4-8,10,13,15H,2-3,9,11-12H2,1H3,(H,20,22)/t15-/m1/s1. The highest BCUT2D eigenvalue weighted by atomic mass is 16.5. The second kappa shape index (κ2) is 7.88. The van der Waals surface area contributed by atoms with Crippen molar-refractivity contribution in [2.45, 2.75) is 19.4 Å². The van der Waals surface area contributed by atoms with E-state index in [1.165, 1.54) is 12.5 Å². The van der Waals surface area contributed by atoms with E-state index in [-0.39, 0.29) is 17.7 Å². The minimum atomic E-state index is -0.178. The van der Waals surface area contributed by atoms with Crippen LogP contribution in [0.4, 0.5) is 0 Å². The SMILES string of the molecule is COc1ccc(CNC(=O)[C@@H]2CCCN(C(=O)c3ccoc3)C2)cc1. The summed E-state index contributed by atoms with van der Waals surface area (Å²) >= 11 is 0. The lowest BCUT2D eigenvalue weighted by atomic mass is 9.96. The smallest absolute Gasteiger partial charge is 0.257 e.